The second kappa shape index (κ2) is 14.7. The highest BCUT2D eigenvalue weighted by atomic mass is 79.9. The summed E-state index contributed by atoms with van der Waals surface area (Å²) in [5.74, 6) is -0.288. The third kappa shape index (κ3) is 8.60. The Morgan fingerprint density at radius 3 is 2.30 bits per heavy atom. The van der Waals surface area contributed by atoms with E-state index in [1.165, 1.54) is 6.42 Å². The van der Waals surface area contributed by atoms with Gasteiger partial charge in [-0.05, 0) is 87.6 Å². The first-order valence-corrected chi connectivity index (χ1v) is 17.1. The van der Waals surface area contributed by atoms with Crippen LogP contribution < -0.4 is 15.5 Å². The Bertz CT molecular complexity index is 1610. The van der Waals surface area contributed by atoms with E-state index in [2.05, 4.69) is 32.6 Å². The molecule has 1 atom stereocenters. The van der Waals surface area contributed by atoms with Crippen molar-refractivity contribution >= 4 is 56.7 Å². The minimum Gasteiger partial charge on any atom is -0.444 e. The van der Waals surface area contributed by atoms with Crippen LogP contribution in [0.3, 0.4) is 0 Å². The number of hydrazone groups is 1. The summed E-state index contributed by atoms with van der Waals surface area (Å²) in [5, 5.41) is 12.3. The van der Waals surface area contributed by atoms with Crippen molar-refractivity contribution in [1.82, 2.24) is 10.3 Å². The average Bonchev–Trinajstić information content (AvgIpc) is 3.14. The van der Waals surface area contributed by atoms with E-state index in [-0.39, 0.29) is 23.8 Å². The van der Waals surface area contributed by atoms with Gasteiger partial charge in [0.15, 0.2) is 0 Å². The van der Waals surface area contributed by atoms with Gasteiger partial charge in [-0.1, -0.05) is 79.4 Å². The molecule has 10 heteroatoms. The predicted molar refractivity (Wildman–Crippen MR) is 190 cm³/mol. The van der Waals surface area contributed by atoms with E-state index < -0.39 is 17.7 Å². The van der Waals surface area contributed by atoms with Crippen molar-refractivity contribution in [3.05, 3.63) is 88.4 Å². The minimum absolute atomic E-state index is 0.179. The second-order valence-electron chi connectivity index (χ2n) is 13.5. The Morgan fingerprint density at radius 1 is 0.979 bits per heavy atom. The molecule has 0 spiro atoms. The number of hydrogen-bond donors (Lipinski definition) is 2. The monoisotopic (exact) mass is 701 g/mol. The van der Waals surface area contributed by atoms with Gasteiger partial charge in [-0.2, -0.15) is 5.10 Å². The molecule has 0 radical (unpaired) electrons. The number of anilines is 3. The summed E-state index contributed by atoms with van der Waals surface area (Å²) in [6.45, 7) is 9.36. The molecule has 1 heterocycles. The third-order valence-corrected chi connectivity index (χ3v) is 8.79. The summed E-state index contributed by atoms with van der Waals surface area (Å²) in [6.07, 6.45) is 4.91. The molecule has 1 saturated carbocycles. The summed E-state index contributed by atoms with van der Waals surface area (Å²) < 4.78 is 6.28. The SMILES string of the molecule is CC(C)C(NC(=O)OC(C)(C)C)C(=O)Nc1ccc(N2C(=O)N(Cc3ccccc3)N=C(C3CCCCC3)c3cc(Br)ccc32)cc1. The fraction of sp³-hybridized carbons (Fsp3) is 0.405. The first-order valence-electron chi connectivity index (χ1n) is 16.3. The number of benzene rings is 3. The van der Waals surface area contributed by atoms with Gasteiger partial charge >= 0.3 is 12.1 Å². The molecule has 2 aliphatic rings. The predicted octanol–water partition coefficient (Wildman–Crippen LogP) is 9.00. The smallest absolute Gasteiger partial charge is 0.408 e. The van der Waals surface area contributed by atoms with Crippen LogP contribution in [0.5, 0.6) is 0 Å². The molecule has 1 aliphatic carbocycles. The Morgan fingerprint density at radius 2 is 1.66 bits per heavy atom. The Labute approximate surface area is 285 Å². The zero-order valence-electron chi connectivity index (χ0n) is 27.8. The van der Waals surface area contributed by atoms with Crippen molar-refractivity contribution in [2.75, 3.05) is 10.2 Å². The number of urea groups is 1. The minimum atomic E-state index is -0.802. The Balaban J connectivity index is 1.46. The van der Waals surface area contributed by atoms with Gasteiger partial charge in [0.05, 0.1) is 23.6 Å². The molecule has 0 bridgehead atoms. The quantitative estimate of drug-likeness (QED) is 0.245. The third-order valence-electron chi connectivity index (χ3n) is 8.30. The molecule has 5 rings (SSSR count). The van der Waals surface area contributed by atoms with Gasteiger partial charge in [0.1, 0.15) is 11.6 Å². The van der Waals surface area contributed by atoms with Crippen LogP contribution in [0.1, 0.15) is 77.8 Å². The molecule has 3 aromatic carbocycles. The molecule has 0 saturated heterocycles. The highest BCUT2D eigenvalue weighted by molar-refractivity contribution is 9.10. The Kier molecular flexibility index (Phi) is 10.7. The molecular formula is C37H44BrN5O4. The largest absolute Gasteiger partial charge is 0.444 e. The number of carbonyl (C=O) groups is 3. The molecule has 248 valence electrons. The van der Waals surface area contributed by atoms with Gasteiger partial charge in [-0.15, -0.1) is 0 Å². The molecular weight excluding hydrogens is 658 g/mol. The summed E-state index contributed by atoms with van der Waals surface area (Å²) in [5.41, 5.74) is 4.11. The van der Waals surface area contributed by atoms with Crippen LogP contribution in [0.2, 0.25) is 0 Å². The van der Waals surface area contributed by atoms with Crippen LogP contribution in [0.15, 0.2) is 82.4 Å². The van der Waals surface area contributed by atoms with E-state index in [4.69, 9.17) is 9.84 Å². The maximum atomic E-state index is 14.5. The van der Waals surface area contributed by atoms with Gasteiger partial charge in [0.2, 0.25) is 5.91 Å². The second-order valence-corrected chi connectivity index (χ2v) is 14.5. The molecule has 4 amide bonds. The summed E-state index contributed by atoms with van der Waals surface area (Å²) in [4.78, 5) is 41.9. The molecule has 9 nitrogen and oxygen atoms in total. The van der Waals surface area contributed by atoms with E-state index >= 15 is 0 Å². The normalized spacial score (nSPS) is 16.2. The Hall–Kier alpha value is -4.18. The molecule has 1 fully saturated rings. The lowest BCUT2D eigenvalue weighted by Gasteiger charge is -2.27. The van der Waals surface area contributed by atoms with E-state index in [1.807, 2.05) is 68.4 Å². The van der Waals surface area contributed by atoms with E-state index in [0.29, 0.717) is 17.9 Å². The number of nitrogens with one attached hydrogen (secondary N) is 2. The number of alkyl carbamates (subject to hydrolysis) is 1. The number of amides is 4. The number of fused-ring (bicyclic) bond motifs is 1. The molecule has 2 N–H and O–H groups in total. The average molecular weight is 703 g/mol. The van der Waals surface area contributed by atoms with Crippen LogP contribution >= 0.6 is 15.9 Å². The number of halogens is 1. The molecule has 1 aliphatic heterocycles. The van der Waals surface area contributed by atoms with Gasteiger partial charge in [-0.25, -0.2) is 14.6 Å². The first kappa shape index (κ1) is 34.2. The zero-order valence-corrected chi connectivity index (χ0v) is 29.3. The standard InChI is InChI=1S/C37H44BrN5O4/c1-24(2)32(40-35(45)47-37(3,4)5)34(44)39-28-17-19-29(20-18-28)43-31-21-16-27(38)22-30(31)33(26-14-10-7-11-15-26)41-42(36(43)46)23-25-12-8-6-9-13-25/h6,8-9,12-13,16-22,24,26,32H,7,10-11,14-15,23H2,1-5H3,(H,39,44)(H,40,45). The highest BCUT2D eigenvalue weighted by Crippen LogP contribution is 2.39. The first-order chi connectivity index (χ1) is 22.4. The summed E-state index contributed by atoms with van der Waals surface area (Å²) in [7, 11) is 0. The molecule has 47 heavy (non-hydrogen) atoms. The number of ether oxygens (including phenoxy) is 1. The van der Waals surface area contributed by atoms with Gasteiger partial charge in [0, 0.05) is 21.6 Å². The van der Waals surface area contributed by atoms with Crippen molar-refractivity contribution in [3.8, 4) is 0 Å². The fourth-order valence-electron chi connectivity index (χ4n) is 6.02. The van der Waals surface area contributed by atoms with Gasteiger partial charge in [-0.3, -0.25) is 9.69 Å². The van der Waals surface area contributed by atoms with Crippen LogP contribution in [0.25, 0.3) is 0 Å². The van der Waals surface area contributed by atoms with E-state index in [9.17, 15) is 14.4 Å². The molecule has 3 aromatic rings. The summed E-state index contributed by atoms with van der Waals surface area (Å²) in [6, 6.07) is 22.0. The topological polar surface area (TPSA) is 103 Å². The van der Waals surface area contributed by atoms with Gasteiger partial charge in [0.25, 0.3) is 0 Å². The van der Waals surface area contributed by atoms with Crippen molar-refractivity contribution in [3.63, 3.8) is 0 Å². The lowest BCUT2D eigenvalue weighted by molar-refractivity contribution is -0.119. The maximum Gasteiger partial charge on any atom is 0.408 e. The van der Waals surface area contributed by atoms with Crippen molar-refractivity contribution in [2.24, 2.45) is 16.9 Å². The van der Waals surface area contributed by atoms with E-state index in [1.54, 1.807) is 42.8 Å². The zero-order chi connectivity index (χ0) is 33.7. The van der Waals surface area contributed by atoms with Crippen LogP contribution in [0.4, 0.5) is 26.7 Å². The number of carbonyl (C=O) groups excluding carboxylic acids is 3. The summed E-state index contributed by atoms with van der Waals surface area (Å²) >= 11 is 3.66. The lowest BCUT2D eigenvalue weighted by atomic mass is 9.83. The van der Waals surface area contributed by atoms with Crippen molar-refractivity contribution < 1.29 is 19.1 Å². The van der Waals surface area contributed by atoms with Crippen LogP contribution in [-0.4, -0.2) is 40.4 Å². The van der Waals surface area contributed by atoms with E-state index in [0.717, 1.165) is 52.7 Å². The highest BCUT2D eigenvalue weighted by Gasteiger charge is 2.34. The number of hydrogen-bond acceptors (Lipinski definition) is 5. The lowest BCUT2D eigenvalue weighted by Crippen LogP contribution is -2.48. The van der Waals surface area contributed by atoms with Gasteiger partial charge < -0.3 is 15.4 Å². The van der Waals surface area contributed by atoms with Crippen molar-refractivity contribution in [2.45, 2.75) is 84.9 Å². The van der Waals surface area contributed by atoms with Crippen molar-refractivity contribution in [1.29, 1.82) is 0 Å². The number of rotatable bonds is 8. The fourth-order valence-corrected chi connectivity index (χ4v) is 6.38. The molecule has 0 aromatic heterocycles. The number of nitrogens with zero attached hydrogens (tertiary/aromatic N) is 3. The van der Waals surface area contributed by atoms with Crippen LogP contribution in [0, 0.1) is 11.8 Å². The van der Waals surface area contributed by atoms with Crippen LogP contribution in [-0.2, 0) is 16.1 Å². The maximum absolute atomic E-state index is 14.5. The molecule has 1 unspecified atom stereocenters.